The highest BCUT2D eigenvalue weighted by atomic mass is 32.2. The third-order valence-corrected chi connectivity index (χ3v) is 4.58. The average molecular weight is 362 g/mol. The lowest BCUT2D eigenvalue weighted by Gasteiger charge is -2.12. The molecule has 0 spiro atoms. The van der Waals surface area contributed by atoms with E-state index in [2.05, 4.69) is 33.2 Å². The average Bonchev–Trinajstić information content (AvgIpc) is 2.97. The molecule has 2 aromatic rings. The number of benzene rings is 1. The number of imide groups is 1. The summed E-state index contributed by atoms with van der Waals surface area (Å²) in [6, 6.07) is 8.05. The van der Waals surface area contributed by atoms with Gasteiger partial charge in [-0.15, -0.1) is 10.2 Å². The van der Waals surface area contributed by atoms with Crippen LogP contribution in [0.2, 0.25) is 0 Å². The van der Waals surface area contributed by atoms with Crippen molar-refractivity contribution in [1.82, 2.24) is 20.1 Å². The van der Waals surface area contributed by atoms with Crippen LogP contribution in [0.15, 0.2) is 29.4 Å². The Morgan fingerprint density at radius 1 is 1.36 bits per heavy atom. The van der Waals surface area contributed by atoms with Crippen LogP contribution in [0.3, 0.4) is 0 Å². The van der Waals surface area contributed by atoms with E-state index in [4.69, 9.17) is 0 Å². The van der Waals surface area contributed by atoms with Gasteiger partial charge in [0.25, 0.3) is 0 Å². The Balaban J connectivity index is 2.24. The van der Waals surface area contributed by atoms with Crippen LogP contribution in [0.1, 0.15) is 25.8 Å². The smallest absolute Gasteiger partial charge is 0.413 e. The third kappa shape index (κ3) is 4.82. The first-order valence-corrected chi connectivity index (χ1v) is 8.90. The number of rotatable bonds is 6. The fraction of sp³-hybridized carbons (Fsp3) is 0.412. The highest BCUT2D eigenvalue weighted by Gasteiger charge is 2.22. The van der Waals surface area contributed by atoms with Crippen molar-refractivity contribution in [3.8, 4) is 11.4 Å². The van der Waals surface area contributed by atoms with Gasteiger partial charge in [0.15, 0.2) is 11.0 Å². The zero-order chi connectivity index (χ0) is 18.4. The van der Waals surface area contributed by atoms with Crippen LogP contribution in [0.5, 0.6) is 0 Å². The molecular weight excluding hydrogens is 340 g/mol. The van der Waals surface area contributed by atoms with Crippen molar-refractivity contribution < 1.29 is 14.3 Å². The van der Waals surface area contributed by atoms with E-state index in [9.17, 15) is 9.59 Å². The number of carbonyl (C=O) groups is 2. The predicted octanol–water partition coefficient (Wildman–Crippen LogP) is 3.03. The summed E-state index contributed by atoms with van der Waals surface area (Å²) < 4.78 is 6.44. The lowest BCUT2D eigenvalue weighted by molar-refractivity contribution is -0.119. The molecule has 1 aromatic carbocycles. The molecule has 2 rings (SSSR count). The van der Waals surface area contributed by atoms with E-state index in [0.717, 1.165) is 29.9 Å². The first-order chi connectivity index (χ1) is 12.0. The van der Waals surface area contributed by atoms with Crippen molar-refractivity contribution in [2.24, 2.45) is 0 Å². The summed E-state index contributed by atoms with van der Waals surface area (Å²) in [6.45, 7) is 6.55. The predicted molar refractivity (Wildman–Crippen MR) is 96.4 cm³/mol. The number of aryl methyl sites for hydroxylation is 1. The van der Waals surface area contributed by atoms with Gasteiger partial charge in [0.1, 0.15) is 0 Å². The number of methoxy groups -OCH3 is 1. The minimum absolute atomic E-state index is 0.431. The number of nitrogens with zero attached hydrogens (tertiary/aromatic N) is 3. The maximum atomic E-state index is 12.0. The highest BCUT2D eigenvalue weighted by molar-refractivity contribution is 8.00. The number of aromatic nitrogens is 3. The highest BCUT2D eigenvalue weighted by Crippen LogP contribution is 2.27. The van der Waals surface area contributed by atoms with Gasteiger partial charge in [-0.25, -0.2) is 4.79 Å². The van der Waals surface area contributed by atoms with Gasteiger partial charge in [-0.1, -0.05) is 42.4 Å². The summed E-state index contributed by atoms with van der Waals surface area (Å²) in [5.41, 5.74) is 2.13. The van der Waals surface area contributed by atoms with Crippen molar-refractivity contribution >= 4 is 23.8 Å². The molecule has 1 N–H and O–H groups in total. The Morgan fingerprint density at radius 3 is 2.76 bits per heavy atom. The number of thioether (sulfide) groups is 1. The number of hydrogen-bond donors (Lipinski definition) is 1. The van der Waals surface area contributed by atoms with Gasteiger partial charge in [-0.05, 0) is 26.3 Å². The molecule has 0 unspecified atom stereocenters. The summed E-state index contributed by atoms with van der Waals surface area (Å²) in [5, 5.41) is 10.8. The van der Waals surface area contributed by atoms with Crippen LogP contribution >= 0.6 is 11.8 Å². The van der Waals surface area contributed by atoms with Crippen molar-refractivity contribution in [1.29, 1.82) is 0 Å². The van der Waals surface area contributed by atoms with E-state index in [1.807, 2.05) is 29.7 Å². The van der Waals surface area contributed by atoms with Crippen molar-refractivity contribution in [2.45, 2.75) is 44.1 Å². The Hall–Kier alpha value is -2.35. The van der Waals surface area contributed by atoms with Gasteiger partial charge in [-0.2, -0.15) is 0 Å². The second kappa shape index (κ2) is 8.66. The molecule has 0 saturated carbocycles. The fourth-order valence-electron chi connectivity index (χ4n) is 2.26. The van der Waals surface area contributed by atoms with Gasteiger partial charge in [-0.3, -0.25) is 10.1 Å². The minimum atomic E-state index is -0.770. The number of amides is 2. The Morgan fingerprint density at radius 2 is 2.12 bits per heavy atom. The molecule has 0 saturated heterocycles. The molecule has 1 atom stereocenters. The van der Waals surface area contributed by atoms with Crippen LogP contribution in [-0.4, -0.2) is 39.1 Å². The lowest BCUT2D eigenvalue weighted by Crippen LogP contribution is -2.36. The summed E-state index contributed by atoms with van der Waals surface area (Å²) >= 11 is 1.26. The van der Waals surface area contributed by atoms with Crippen LogP contribution in [-0.2, 0) is 16.1 Å². The van der Waals surface area contributed by atoms with Gasteiger partial charge in [0.05, 0.1) is 12.4 Å². The Kier molecular flexibility index (Phi) is 6.58. The first-order valence-electron chi connectivity index (χ1n) is 8.02. The molecule has 0 aliphatic heterocycles. The maximum absolute atomic E-state index is 12.0. The monoisotopic (exact) mass is 362 g/mol. The Labute approximate surface area is 151 Å². The molecule has 0 aliphatic rings. The van der Waals surface area contributed by atoms with Crippen LogP contribution < -0.4 is 5.32 Å². The standard InChI is InChI=1S/C17H22N4O3S/c1-5-9-21-14(13-8-6-7-11(2)10-13)19-20-16(21)25-12(3)15(22)18-17(23)24-4/h6-8,10,12H,5,9H2,1-4H3,(H,18,22,23)/t12-/m0/s1. The summed E-state index contributed by atoms with van der Waals surface area (Å²) in [7, 11) is 1.21. The minimum Gasteiger partial charge on any atom is -0.453 e. The molecule has 1 heterocycles. The number of carbonyl (C=O) groups excluding carboxylic acids is 2. The molecule has 7 nitrogen and oxygen atoms in total. The van der Waals surface area contributed by atoms with E-state index in [0.29, 0.717) is 5.16 Å². The maximum Gasteiger partial charge on any atom is 0.413 e. The fourth-order valence-corrected chi connectivity index (χ4v) is 3.14. The van der Waals surface area contributed by atoms with Crippen molar-refractivity contribution in [2.75, 3.05) is 7.11 Å². The Bertz CT molecular complexity index is 760. The zero-order valence-corrected chi connectivity index (χ0v) is 15.6. The topological polar surface area (TPSA) is 86.1 Å². The van der Waals surface area contributed by atoms with Gasteiger partial charge in [0.2, 0.25) is 5.91 Å². The number of nitrogens with one attached hydrogen (secondary N) is 1. The molecular formula is C17H22N4O3S. The van der Waals surface area contributed by atoms with E-state index in [-0.39, 0.29) is 0 Å². The number of hydrogen-bond acceptors (Lipinski definition) is 6. The van der Waals surface area contributed by atoms with Crippen LogP contribution in [0, 0.1) is 6.92 Å². The van der Waals surface area contributed by atoms with Crippen LogP contribution in [0.25, 0.3) is 11.4 Å². The lowest BCUT2D eigenvalue weighted by atomic mass is 10.1. The summed E-state index contributed by atoms with van der Waals surface area (Å²) in [5.74, 6) is 0.341. The molecule has 8 heteroatoms. The molecule has 2 amide bonds. The number of alkyl carbamates (subject to hydrolysis) is 1. The van der Waals surface area contributed by atoms with Crippen molar-refractivity contribution in [3.05, 3.63) is 29.8 Å². The first kappa shape index (κ1) is 19.0. The quantitative estimate of drug-likeness (QED) is 0.795. The molecule has 0 aliphatic carbocycles. The zero-order valence-electron chi connectivity index (χ0n) is 14.8. The SMILES string of the molecule is CCCn1c(S[C@@H](C)C(=O)NC(=O)OC)nnc1-c1cccc(C)c1. The van der Waals surface area contributed by atoms with E-state index < -0.39 is 17.3 Å². The molecule has 25 heavy (non-hydrogen) atoms. The number of ether oxygens (including phenoxy) is 1. The summed E-state index contributed by atoms with van der Waals surface area (Å²) in [6.07, 6.45) is 0.139. The molecule has 134 valence electrons. The van der Waals surface area contributed by atoms with Crippen LogP contribution in [0.4, 0.5) is 4.79 Å². The third-order valence-electron chi connectivity index (χ3n) is 3.50. The second-order valence-corrected chi connectivity index (χ2v) is 6.88. The molecule has 0 radical (unpaired) electrons. The largest absolute Gasteiger partial charge is 0.453 e. The van der Waals surface area contributed by atoms with E-state index in [1.54, 1.807) is 6.92 Å². The molecule has 0 bridgehead atoms. The van der Waals surface area contributed by atoms with Gasteiger partial charge >= 0.3 is 6.09 Å². The molecule has 1 aromatic heterocycles. The normalized spacial score (nSPS) is 11.8. The van der Waals surface area contributed by atoms with Gasteiger partial charge in [0, 0.05) is 12.1 Å². The van der Waals surface area contributed by atoms with E-state index >= 15 is 0 Å². The van der Waals surface area contributed by atoms with Gasteiger partial charge < -0.3 is 9.30 Å². The summed E-state index contributed by atoms with van der Waals surface area (Å²) in [4.78, 5) is 23.2. The van der Waals surface area contributed by atoms with Crippen molar-refractivity contribution in [3.63, 3.8) is 0 Å². The molecule has 0 fully saturated rings. The van der Waals surface area contributed by atoms with E-state index in [1.165, 1.54) is 18.9 Å². The second-order valence-electron chi connectivity index (χ2n) is 5.57.